The molecule has 3 heterocycles. The molecule has 0 radical (unpaired) electrons. The summed E-state index contributed by atoms with van der Waals surface area (Å²) in [5, 5.41) is 3.53. The first-order valence-corrected chi connectivity index (χ1v) is 9.92. The number of ether oxygens (including phenoxy) is 1. The number of rotatable bonds is 4. The average Bonchev–Trinajstić information content (AvgIpc) is 3.17. The van der Waals surface area contributed by atoms with Crippen LogP contribution in [0.5, 0.6) is 0 Å². The van der Waals surface area contributed by atoms with Crippen molar-refractivity contribution in [3.8, 4) is 0 Å². The molecule has 8 heteroatoms. The first-order chi connectivity index (χ1) is 13.1. The molecule has 0 atom stereocenters. The number of nitrogens with zero attached hydrogens (tertiary/aromatic N) is 2. The largest absolute Gasteiger partial charge is 0.381 e. The van der Waals surface area contributed by atoms with Gasteiger partial charge in [0.25, 0.3) is 11.5 Å². The zero-order valence-electron chi connectivity index (χ0n) is 14.7. The van der Waals surface area contributed by atoms with Crippen molar-refractivity contribution in [1.29, 1.82) is 0 Å². The molecule has 0 aliphatic carbocycles. The fraction of sp³-hybridized carbons (Fsp3) is 0.421. The van der Waals surface area contributed by atoms with E-state index in [9.17, 15) is 14.0 Å². The van der Waals surface area contributed by atoms with E-state index in [1.807, 2.05) is 6.07 Å². The second-order valence-corrected chi connectivity index (χ2v) is 7.91. The van der Waals surface area contributed by atoms with E-state index in [1.54, 1.807) is 6.07 Å². The maximum Gasteiger partial charge on any atom is 0.267 e. The van der Waals surface area contributed by atoms with Crippen molar-refractivity contribution < 1.29 is 13.9 Å². The van der Waals surface area contributed by atoms with Gasteiger partial charge in [-0.15, -0.1) is 0 Å². The van der Waals surface area contributed by atoms with Crippen molar-refractivity contribution >= 4 is 17.7 Å². The number of thioether (sulfide) groups is 1. The van der Waals surface area contributed by atoms with Gasteiger partial charge in [0.15, 0.2) is 5.16 Å². The predicted octanol–water partition coefficient (Wildman–Crippen LogP) is 1.97. The minimum absolute atomic E-state index is 0.0442. The quantitative estimate of drug-likeness (QED) is 0.810. The Morgan fingerprint density at radius 3 is 2.96 bits per heavy atom. The van der Waals surface area contributed by atoms with Crippen molar-refractivity contribution in [2.24, 2.45) is 0 Å². The molecule has 2 aromatic rings. The van der Waals surface area contributed by atoms with Gasteiger partial charge in [-0.1, -0.05) is 23.9 Å². The van der Waals surface area contributed by atoms with Gasteiger partial charge in [-0.05, 0) is 30.5 Å². The Morgan fingerprint density at radius 1 is 1.37 bits per heavy atom. The number of carbonyl (C=O) groups is 1. The van der Waals surface area contributed by atoms with Crippen LogP contribution in [0.15, 0.2) is 40.4 Å². The van der Waals surface area contributed by atoms with Crippen LogP contribution in [0.4, 0.5) is 4.39 Å². The normalized spacial score (nSPS) is 18.1. The van der Waals surface area contributed by atoms with Crippen molar-refractivity contribution in [3.63, 3.8) is 0 Å². The van der Waals surface area contributed by atoms with Gasteiger partial charge in [-0.2, -0.15) is 0 Å². The summed E-state index contributed by atoms with van der Waals surface area (Å²) in [7, 11) is 0. The van der Waals surface area contributed by atoms with Gasteiger partial charge >= 0.3 is 0 Å². The summed E-state index contributed by atoms with van der Waals surface area (Å²) in [6.07, 6.45) is 2.70. The monoisotopic (exact) mass is 389 g/mol. The Bertz CT molecular complexity index is 925. The summed E-state index contributed by atoms with van der Waals surface area (Å²) >= 11 is 1.51. The lowest BCUT2D eigenvalue weighted by molar-refractivity contribution is 0.0486. The molecule has 27 heavy (non-hydrogen) atoms. The third-order valence-corrected chi connectivity index (χ3v) is 6.25. The summed E-state index contributed by atoms with van der Waals surface area (Å²) in [6.45, 7) is 1.98. The van der Waals surface area contributed by atoms with Crippen LogP contribution >= 0.6 is 11.8 Å². The molecule has 0 saturated carbocycles. The minimum Gasteiger partial charge on any atom is -0.381 e. The molecule has 2 aliphatic rings. The number of carbonyl (C=O) groups excluding carboxylic acids is 1. The smallest absolute Gasteiger partial charge is 0.267 e. The second-order valence-electron chi connectivity index (χ2n) is 6.85. The number of benzene rings is 1. The van der Waals surface area contributed by atoms with E-state index in [0.29, 0.717) is 44.3 Å². The lowest BCUT2D eigenvalue weighted by Gasteiger charge is -2.38. The molecule has 0 bridgehead atoms. The zero-order chi connectivity index (χ0) is 18.9. The summed E-state index contributed by atoms with van der Waals surface area (Å²) in [6, 6.07) is 6.48. The van der Waals surface area contributed by atoms with Gasteiger partial charge in [0.1, 0.15) is 11.4 Å². The Kier molecular flexibility index (Phi) is 5.01. The Morgan fingerprint density at radius 2 is 2.19 bits per heavy atom. The highest BCUT2D eigenvalue weighted by atomic mass is 32.2. The number of fused-ring (bicyclic) bond motifs is 1. The van der Waals surface area contributed by atoms with E-state index in [1.165, 1.54) is 34.7 Å². The van der Waals surface area contributed by atoms with Crippen LogP contribution in [0.3, 0.4) is 0 Å². The lowest BCUT2D eigenvalue weighted by atomic mass is 9.74. The number of aromatic nitrogens is 2. The molecule has 1 aromatic carbocycles. The molecule has 1 N–H and O–H groups in total. The van der Waals surface area contributed by atoms with Crippen LogP contribution in [0.2, 0.25) is 0 Å². The third-order valence-electron chi connectivity index (χ3n) is 5.28. The number of halogens is 1. The minimum atomic E-state index is -0.443. The SMILES string of the molecule is O=C(NCC1(c2cccc(F)c2)CCOCC1)c1cnc2n(c1=O)CCS2. The highest BCUT2D eigenvalue weighted by Gasteiger charge is 2.35. The van der Waals surface area contributed by atoms with Crippen LogP contribution in [-0.4, -0.2) is 41.0 Å². The molecule has 6 nitrogen and oxygen atoms in total. The lowest BCUT2D eigenvalue weighted by Crippen LogP contribution is -2.45. The Labute approximate surface area is 160 Å². The van der Waals surface area contributed by atoms with Gasteiger partial charge in [0.2, 0.25) is 0 Å². The Hall–Kier alpha value is -2.19. The van der Waals surface area contributed by atoms with Crippen molar-refractivity contribution in [1.82, 2.24) is 14.9 Å². The topological polar surface area (TPSA) is 73.2 Å². The standard InChI is InChI=1S/C19H20FN3O3S/c20-14-3-1-2-13(10-14)19(4-7-26-8-5-19)12-22-16(24)15-11-21-18-23(17(15)25)6-9-27-18/h1-3,10-11H,4-9,12H2,(H,22,24). The molecular formula is C19H20FN3O3S. The van der Waals surface area contributed by atoms with Gasteiger partial charge < -0.3 is 10.1 Å². The number of hydrogen-bond donors (Lipinski definition) is 1. The fourth-order valence-corrected chi connectivity index (χ4v) is 4.58. The van der Waals surface area contributed by atoms with E-state index < -0.39 is 11.3 Å². The maximum absolute atomic E-state index is 13.8. The van der Waals surface area contributed by atoms with Crippen LogP contribution < -0.4 is 10.9 Å². The number of amides is 1. The molecule has 1 amide bonds. The molecule has 1 saturated heterocycles. The van der Waals surface area contributed by atoms with Gasteiger partial charge in [0.05, 0.1) is 0 Å². The van der Waals surface area contributed by atoms with Gasteiger partial charge in [-0.25, -0.2) is 9.37 Å². The van der Waals surface area contributed by atoms with Crippen LogP contribution in [-0.2, 0) is 16.7 Å². The molecule has 4 rings (SSSR count). The summed E-state index contributed by atoms with van der Waals surface area (Å²) in [4.78, 5) is 29.4. The first kappa shape index (κ1) is 18.2. The summed E-state index contributed by atoms with van der Waals surface area (Å²) in [5.41, 5.74) is 0.162. The second kappa shape index (κ2) is 7.44. The highest BCUT2D eigenvalue weighted by Crippen LogP contribution is 2.34. The van der Waals surface area contributed by atoms with Crippen molar-refractivity contribution in [2.75, 3.05) is 25.5 Å². The molecule has 2 aliphatic heterocycles. The maximum atomic E-state index is 13.8. The molecule has 1 fully saturated rings. The summed E-state index contributed by atoms with van der Waals surface area (Å²) in [5.74, 6) is 0.0425. The van der Waals surface area contributed by atoms with E-state index >= 15 is 0 Å². The van der Waals surface area contributed by atoms with Crippen LogP contribution in [0, 0.1) is 5.82 Å². The molecular weight excluding hydrogens is 369 g/mol. The van der Waals surface area contributed by atoms with Crippen molar-refractivity contribution in [2.45, 2.75) is 30.0 Å². The Balaban J connectivity index is 1.57. The molecule has 0 unspecified atom stereocenters. The van der Waals surface area contributed by atoms with E-state index in [-0.39, 0.29) is 16.9 Å². The summed E-state index contributed by atoms with van der Waals surface area (Å²) < 4.78 is 20.8. The van der Waals surface area contributed by atoms with Crippen LogP contribution in [0.25, 0.3) is 0 Å². The predicted molar refractivity (Wildman–Crippen MR) is 99.7 cm³/mol. The number of nitrogens with one attached hydrogen (secondary N) is 1. The number of hydrogen-bond acceptors (Lipinski definition) is 5. The fourth-order valence-electron chi connectivity index (χ4n) is 3.67. The highest BCUT2D eigenvalue weighted by molar-refractivity contribution is 7.99. The van der Waals surface area contributed by atoms with E-state index in [0.717, 1.165) is 11.3 Å². The van der Waals surface area contributed by atoms with Crippen LogP contribution in [0.1, 0.15) is 28.8 Å². The molecule has 1 aromatic heterocycles. The van der Waals surface area contributed by atoms with Crippen molar-refractivity contribution in [3.05, 3.63) is 57.8 Å². The first-order valence-electron chi connectivity index (χ1n) is 8.94. The van der Waals surface area contributed by atoms with Gasteiger partial charge in [-0.3, -0.25) is 14.2 Å². The van der Waals surface area contributed by atoms with E-state index in [2.05, 4.69) is 10.3 Å². The van der Waals surface area contributed by atoms with E-state index in [4.69, 9.17) is 4.74 Å². The molecule has 142 valence electrons. The average molecular weight is 389 g/mol. The van der Waals surface area contributed by atoms with Gasteiger partial charge in [0, 0.05) is 43.7 Å². The molecule has 0 spiro atoms. The zero-order valence-corrected chi connectivity index (χ0v) is 15.6. The third kappa shape index (κ3) is 3.51.